The SMILES string of the molecule is CCNC(=NCCCn1cnc2ccccc21)NCCCOCC. The third-order valence-corrected chi connectivity index (χ3v) is 3.66. The summed E-state index contributed by atoms with van der Waals surface area (Å²) in [5.41, 5.74) is 2.23. The van der Waals surface area contributed by atoms with Gasteiger partial charge in [-0.3, -0.25) is 4.99 Å². The summed E-state index contributed by atoms with van der Waals surface area (Å²) in [7, 11) is 0. The summed E-state index contributed by atoms with van der Waals surface area (Å²) in [5, 5.41) is 6.62. The molecule has 24 heavy (non-hydrogen) atoms. The van der Waals surface area contributed by atoms with Gasteiger partial charge in [-0.15, -0.1) is 0 Å². The van der Waals surface area contributed by atoms with E-state index in [0.29, 0.717) is 0 Å². The first kappa shape index (κ1) is 18.3. The van der Waals surface area contributed by atoms with E-state index in [1.54, 1.807) is 0 Å². The van der Waals surface area contributed by atoms with Gasteiger partial charge in [-0.1, -0.05) is 12.1 Å². The molecular formula is C18H29N5O. The van der Waals surface area contributed by atoms with Crippen LogP contribution in [0.3, 0.4) is 0 Å². The van der Waals surface area contributed by atoms with Crippen LogP contribution < -0.4 is 10.6 Å². The maximum absolute atomic E-state index is 5.34. The molecule has 2 N–H and O–H groups in total. The van der Waals surface area contributed by atoms with Crippen LogP contribution in [-0.4, -0.2) is 48.4 Å². The fraction of sp³-hybridized carbons (Fsp3) is 0.556. The van der Waals surface area contributed by atoms with Gasteiger partial charge < -0.3 is 19.9 Å². The fourth-order valence-corrected chi connectivity index (χ4v) is 2.49. The van der Waals surface area contributed by atoms with Crippen molar-refractivity contribution < 1.29 is 4.74 Å². The Hall–Kier alpha value is -2.08. The van der Waals surface area contributed by atoms with E-state index in [1.165, 1.54) is 5.52 Å². The minimum atomic E-state index is 0.775. The van der Waals surface area contributed by atoms with Gasteiger partial charge in [-0.2, -0.15) is 0 Å². The first-order valence-corrected chi connectivity index (χ1v) is 8.85. The van der Waals surface area contributed by atoms with Crippen LogP contribution in [0.15, 0.2) is 35.6 Å². The van der Waals surface area contributed by atoms with Gasteiger partial charge in [0.15, 0.2) is 5.96 Å². The number of hydrogen-bond donors (Lipinski definition) is 2. The Morgan fingerprint density at radius 2 is 2.08 bits per heavy atom. The molecule has 0 fully saturated rings. The highest BCUT2D eigenvalue weighted by Crippen LogP contribution is 2.11. The number of aliphatic imine (C=N–C) groups is 1. The Kier molecular flexibility index (Phi) is 8.10. The van der Waals surface area contributed by atoms with Crippen molar-refractivity contribution in [1.29, 1.82) is 0 Å². The number of ether oxygens (including phenoxy) is 1. The molecule has 1 aromatic heterocycles. The lowest BCUT2D eigenvalue weighted by atomic mass is 10.3. The predicted molar refractivity (Wildman–Crippen MR) is 99.4 cm³/mol. The molecule has 0 radical (unpaired) electrons. The molecule has 0 atom stereocenters. The average Bonchev–Trinajstić information content (AvgIpc) is 3.01. The molecule has 132 valence electrons. The second kappa shape index (κ2) is 10.6. The molecule has 0 saturated carbocycles. The van der Waals surface area contributed by atoms with E-state index in [2.05, 4.69) is 38.2 Å². The van der Waals surface area contributed by atoms with Gasteiger partial charge >= 0.3 is 0 Å². The molecule has 0 aliphatic heterocycles. The van der Waals surface area contributed by atoms with E-state index in [9.17, 15) is 0 Å². The number of fused-ring (bicyclic) bond motifs is 1. The van der Waals surface area contributed by atoms with Gasteiger partial charge in [-0.05, 0) is 38.8 Å². The molecule has 6 nitrogen and oxygen atoms in total. The zero-order chi connectivity index (χ0) is 17.0. The smallest absolute Gasteiger partial charge is 0.191 e. The van der Waals surface area contributed by atoms with Crippen LogP contribution in [0.2, 0.25) is 0 Å². The van der Waals surface area contributed by atoms with Crippen LogP contribution in [0.5, 0.6) is 0 Å². The summed E-state index contributed by atoms with van der Waals surface area (Å²) in [5.74, 6) is 0.879. The summed E-state index contributed by atoms with van der Waals surface area (Å²) in [6, 6.07) is 8.22. The second-order valence-corrected chi connectivity index (χ2v) is 5.52. The maximum Gasteiger partial charge on any atom is 0.191 e. The van der Waals surface area contributed by atoms with Crippen molar-refractivity contribution in [1.82, 2.24) is 20.2 Å². The normalized spacial score (nSPS) is 11.8. The molecule has 1 heterocycles. The Balaban J connectivity index is 1.75. The van der Waals surface area contributed by atoms with E-state index in [-0.39, 0.29) is 0 Å². The van der Waals surface area contributed by atoms with Crippen LogP contribution in [0.25, 0.3) is 11.0 Å². The quantitative estimate of drug-likeness (QED) is 0.399. The number of aromatic nitrogens is 2. The Labute approximate surface area is 144 Å². The van der Waals surface area contributed by atoms with E-state index >= 15 is 0 Å². The van der Waals surface area contributed by atoms with Crippen molar-refractivity contribution in [2.45, 2.75) is 33.2 Å². The Morgan fingerprint density at radius 1 is 1.21 bits per heavy atom. The third kappa shape index (κ3) is 5.85. The topological polar surface area (TPSA) is 63.5 Å². The number of para-hydroxylation sites is 2. The van der Waals surface area contributed by atoms with Crippen LogP contribution in [0, 0.1) is 0 Å². The van der Waals surface area contributed by atoms with Crippen molar-refractivity contribution >= 4 is 17.0 Å². The molecule has 0 amide bonds. The fourth-order valence-electron chi connectivity index (χ4n) is 2.49. The molecule has 0 unspecified atom stereocenters. The second-order valence-electron chi connectivity index (χ2n) is 5.52. The van der Waals surface area contributed by atoms with Crippen molar-refractivity contribution in [3.8, 4) is 0 Å². The zero-order valence-electron chi connectivity index (χ0n) is 14.8. The summed E-state index contributed by atoms with van der Waals surface area (Å²) in [6.45, 7) is 9.10. The van der Waals surface area contributed by atoms with Crippen molar-refractivity contribution in [3.05, 3.63) is 30.6 Å². The number of guanidine groups is 1. The molecule has 6 heteroatoms. The Morgan fingerprint density at radius 3 is 2.92 bits per heavy atom. The molecule has 1 aromatic carbocycles. The standard InChI is InChI=1S/C18H29N5O/c1-3-19-18(21-12-8-14-24-4-2)20-11-7-13-23-15-22-16-9-5-6-10-17(16)23/h5-6,9-10,15H,3-4,7-8,11-14H2,1-2H3,(H2,19,20,21). The van der Waals surface area contributed by atoms with Crippen LogP contribution in [-0.2, 0) is 11.3 Å². The summed E-state index contributed by atoms with van der Waals surface area (Å²) in [4.78, 5) is 9.05. The predicted octanol–water partition coefficient (Wildman–Crippen LogP) is 2.41. The summed E-state index contributed by atoms with van der Waals surface area (Å²) in [6.07, 6.45) is 3.88. The van der Waals surface area contributed by atoms with E-state index in [0.717, 1.165) is 63.7 Å². The van der Waals surface area contributed by atoms with Crippen LogP contribution >= 0.6 is 0 Å². The van der Waals surface area contributed by atoms with E-state index in [1.807, 2.05) is 31.5 Å². The molecule has 2 rings (SSSR count). The highest BCUT2D eigenvalue weighted by Gasteiger charge is 2.01. The van der Waals surface area contributed by atoms with E-state index in [4.69, 9.17) is 4.74 Å². The van der Waals surface area contributed by atoms with Crippen molar-refractivity contribution in [2.75, 3.05) is 32.8 Å². The van der Waals surface area contributed by atoms with E-state index < -0.39 is 0 Å². The van der Waals surface area contributed by atoms with Gasteiger partial charge in [0.05, 0.1) is 17.4 Å². The highest BCUT2D eigenvalue weighted by molar-refractivity contribution is 5.79. The minimum Gasteiger partial charge on any atom is -0.382 e. The largest absolute Gasteiger partial charge is 0.382 e. The zero-order valence-corrected chi connectivity index (χ0v) is 14.8. The molecule has 0 spiro atoms. The van der Waals surface area contributed by atoms with Gasteiger partial charge in [0.2, 0.25) is 0 Å². The highest BCUT2D eigenvalue weighted by atomic mass is 16.5. The lowest BCUT2D eigenvalue weighted by Crippen LogP contribution is -2.38. The number of rotatable bonds is 10. The van der Waals surface area contributed by atoms with Crippen molar-refractivity contribution in [2.24, 2.45) is 4.99 Å². The van der Waals surface area contributed by atoms with Crippen molar-refractivity contribution in [3.63, 3.8) is 0 Å². The van der Waals surface area contributed by atoms with Crippen LogP contribution in [0.4, 0.5) is 0 Å². The molecule has 0 bridgehead atoms. The number of nitrogens with zero attached hydrogens (tertiary/aromatic N) is 3. The van der Waals surface area contributed by atoms with Gasteiger partial charge in [-0.25, -0.2) is 4.98 Å². The lowest BCUT2D eigenvalue weighted by molar-refractivity contribution is 0.145. The summed E-state index contributed by atoms with van der Waals surface area (Å²) >= 11 is 0. The first-order valence-electron chi connectivity index (χ1n) is 8.85. The molecule has 0 saturated heterocycles. The van der Waals surface area contributed by atoms with Gasteiger partial charge in [0.1, 0.15) is 0 Å². The number of nitrogens with one attached hydrogen (secondary N) is 2. The number of hydrogen-bond acceptors (Lipinski definition) is 3. The molecule has 2 aromatic rings. The van der Waals surface area contributed by atoms with Gasteiger partial charge in [0.25, 0.3) is 0 Å². The first-order chi connectivity index (χ1) is 11.8. The number of aryl methyl sites for hydroxylation is 1. The minimum absolute atomic E-state index is 0.775. The molecule has 0 aliphatic carbocycles. The molecule has 0 aliphatic rings. The van der Waals surface area contributed by atoms with Crippen LogP contribution in [0.1, 0.15) is 26.7 Å². The monoisotopic (exact) mass is 331 g/mol. The molecular weight excluding hydrogens is 302 g/mol. The lowest BCUT2D eigenvalue weighted by Gasteiger charge is -2.11. The summed E-state index contributed by atoms with van der Waals surface area (Å²) < 4.78 is 7.53. The number of imidazole rings is 1. The Bertz CT molecular complexity index is 623. The average molecular weight is 331 g/mol. The van der Waals surface area contributed by atoms with Gasteiger partial charge in [0, 0.05) is 39.4 Å². The third-order valence-electron chi connectivity index (χ3n) is 3.66. The maximum atomic E-state index is 5.34. The number of benzene rings is 1.